The van der Waals surface area contributed by atoms with E-state index in [9.17, 15) is 18.0 Å². The van der Waals surface area contributed by atoms with Gasteiger partial charge in [-0.2, -0.15) is 13.2 Å². The van der Waals surface area contributed by atoms with Crippen molar-refractivity contribution in [3.63, 3.8) is 0 Å². The van der Waals surface area contributed by atoms with Gasteiger partial charge in [0, 0.05) is 16.9 Å². The Kier molecular flexibility index (Phi) is 5.08. The van der Waals surface area contributed by atoms with Crippen LogP contribution in [0.15, 0.2) is 47.4 Å². The summed E-state index contributed by atoms with van der Waals surface area (Å²) in [4.78, 5) is 12.3. The molecule has 25 heavy (non-hydrogen) atoms. The molecule has 0 radical (unpaired) electrons. The Morgan fingerprint density at radius 3 is 2.52 bits per heavy atom. The van der Waals surface area contributed by atoms with Crippen molar-refractivity contribution in [1.29, 1.82) is 0 Å². The lowest BCUT2D eigenvalue weighted by Crippen LogP contribution is -2.13. The van der Waals surface area contributed by atoms with E-state index in [1.807, 2.05) is 0 Å². The third-order valence-electron chi connectivity index (χ3n) is 3.37. The summed E-state index contributed by atoms with van der Waals surface area (Å²) < 4.78 is 48.9. The van der Waals surface area contributed by atoms with Gasteiger partial charge in [0.05, 0.1) is 18.9 Å². The molecule has 0 spiro atoms. The second-order valence-corrected chi connectivity index (χ2v) is 6.32. The summed E-state index contributed by atoms with van der Waals surface area (Å²) in [5.41, 5.74) is -4.06. The number of carbonyl (C=O) groups excluding carboxylic acids is 1. The summed E-state index contributed by atoms with van der Waals surface area (Å²) in [7, 11) is 0. The lowest BCUT2D eigenvalue weighted by atomic mass is 10.2. The zero-order chi connectivity index (χ0) is 17.9. The van der Waals surface area contributed by atoms with Gasteiger partial charge in [0.1, 0.15) is 0 Å². The van der Waals surface area contributed by atoms with Gasteiger partial charge in [0.15, 0.2) is 11.5 Å². The third-order valence-corrected chi connectivity index (χ3v) is 4.18. The number of thioether (sulfide) groups is 1. The van der Waals surface area contributed by atoms with Crippen molar-refractivity contribution in [2.24, 2.45) is 0 Å². The number of amides is 1. The van der Waals surface area contributed by atoms with Crippen molar-refractivity contribution in [2.45, 2.75) is 16.8 Å². The molecule has 3 rings (SSSR count). The molecule has 4 nitrogen and oxygen atoms in total. The molecule has 1 heterocycles. The van der Waals surface area contributed by atoms with Crippen molar-refractivity contribution in [3.05, 3.63) is 48.0 Å². The van der Waals surface area contributed by atoms with Gasteiger partial charge in [-0.15, -0.1) is 0 Å². The normalized spacial score (nSPS) is 13.9. The zero-order valence-electron chi connectivity index (χ0n) is 12.9. The molecule has 0 unspecified atom stereocenters. The largest absolute Gasteiger partial charge is 0.490 e. The molecule has 0 aromatic heterocycles. The number of carbonyl (C=O) groups is 1. The maximum absolute atomic E-state index is 12.6. The Labute approximate surface area is 146 Å². The Balaban J connectivity index is 1.80. The van der Waals surface area contributed by atoms with Gasteiger partial charge >= 0.3 is 5.51 Å². The second-order valence-electron chi connectivity index (χ2n) is 5.21. The molecule has 0 bridgehead atoms. The molecule has 1 N–H and O–H groups in total. The lowest BCUT2D eigenvalue weighted by Gasteiger charge is -2.13. The van der Waals surface area contributed by atoms with Crippen LogP contribution in [-0.2, 0) is 0 Å². The fraction of sp³-hybridized carbons (Fsp3) is 0.235. The van der Waals surface area contributed by atoms with Crippen LogP contribution in [-0.4, -0.2) is 24.6 Å². The van der Waals surface area contributed by atoms with Gasteiger partial charge in [-0.05, 0) is 42.1 Å². The highest BCUT2D eigenvalue weighted by molar-refractivity contribution is 8.00. The van der Waals surface area contributed by atoms with Crippen LogP contribution in [0.4, 0.5) is 18.9 Å². The number of anilines is 1. The number of halogens is 3. The fourth-order valence-corrected chi connectivity index (χ4v) is 2.91. The van der Waals surface area contributed by atoms with Crippen molar-refractivity contribution in [2.75, 3.05) is 18.5 Å². The predicted molar refractivity (Wildman–Crippen MR) is 88.4 cm³/mol. The van der Waals surface area contributed by atoms with Crippen molar-refractivity contribution >= 4 is 23.4 Å². The van der Waals surface area contributed by atoms with Crippen LogP contribution in [0.2, 0.25) is 0 Å². The van der Waals surface area contributed by atoms with E-state index in [-0.39, 0.29) is 27.9 Å². The van der Waals surface area contributed by atoms with Crippen LogP contribution in [0.25, 0.3) is 0 Å². The van der Waals surface area contributed by atoms with Crippen LogP contribution in [0.5, 0.6) is 11.5 Å². The van der Waals surface area contributed by atoms with Crippen molar-refractivity contribution in [3.8, 4) is 11.5 Å². The summed E-state index contributed by atoms with van der Waals surface area (Å²) in [5.74, 6) is 0.469. The van der Waals surface area contributed by atoms with Gasteiger partial charge in [0.25, 0.3) is 5.91 Å². The average molecular weight is 369 g/mol. The van der Waals surface area contributed by atoms with Crippen molar-refractivity contribution in [1.82, 2.24) is 0 Å². The van der Waals surface area contributed by atoms with Crippen molar-refractivity contribution < 1.29 is 27.4 Å². The minimum atomic E-state index is -4.43. The fourth-order valence-electron chi connectivity index (χ4n) is 2.28. The lowest BCUT2D eigenvalue weighted by molar-refractivity contribution is -0.0328. The van der Waals surface area contributed by atoms with Gasteiger partial charge in [-0.1, -0.05) is 12.1 Å². The number of hydrogen-bond acceptors (Lipinski definition) is 4. The van der Waals surface area contributed by atoms with Gasteiger partial charge in [-0.25, -0.2) is 0 Å². The molecule has 132 valence electrons. The minimum Gasteiger partial charge on any atom is -0.490 e. The number of nitrogens with one attached hydrogen (secondary N) is 1. The molecule has 2 aromatic rings. The smallest absolute Gasteiger partial charge is 0.446 e. The Bertz CT molecular complexity index is 780. The summed E-state index contributed by atoms with van der Waals surface area (Å²) in [6.07, 6.45) is 0.734. The molecule has 1 aliphatic heterocycles. The van der Waals surface area contributed by atoms with E-state index in [4.69, 9.17) is 9.47 Å². The molecular weight excluding hydrogens is 355 g/mol. The minimum absolute atomic E-state index is 0.0716. The summed E-state index contributed by atoms with van der Waals surface area (Å²) >= 11 is -0.269. The summed E-state index contributed by atoms with van der Waals surface area (Å²) in [6, 6.07) is 10.5. The highest BCUT2D eigenvalue weighted by atomic mass is 32.2. The van der Waals surface area contributed by atoms with Crippen LogP contribution >= 0.6 is 11.8 Å². The van der Waals surface area contributed by atoms with Gasteiger partial charge in [0.2, 0.25) is 0 Å². The summed E-state index contributed by atoms with van der Waals surface area (Å²) in [6.45, 7) is 1.00. The molecule has 1 amide bonds. The molecule has 1 aliphatic rings. The van der Waals surface area contributed by atoms with E-state index < -0.39 is 11.4 Å². The monoisotopic (exact) mass is 369 g/mol. The zero-order valence-corrected chi connectivity index (χ0v) is 13.7. The van der Waals surface area contributed by atoms with E-state index in [0.717, 1.165) is 6.42 Å². The number of ether oxygens (including phenoxy) is 2. The highest BCUT2D eigenvalue weighted by Crippen LogP contribution is 2.40. The SMILES string of the molecule is O=C(Nc1ccccc1SC(F)(F)F)c1ccc2c(c1)OCCCO2. The Hall–Kier alpha value is -2.35. The maximum atomic E-state index is 12.6. The predicted octanol–water partition coefficient (Wildman–Crippen LogP) is 4.71. The number of hydrogen-bond donors (Lipinski definition) is 1. The number of para-hydroxylation sites is 1. The average Bonchev–Trinajstić information content (AvgIpc) is 2.80. The first-order chi connectivity index (χ1) is 11.9. The first-order valence-corrected chi connectivity index (χ1v) is 8.30. The third kappa shape index (κ3) is 4.60. The second kappa shape index (κ2) is 7.26. The molecule has 0 fully saturated rings. The molecular formula is C17H14F3NO3S. The van der Waals surface area contributed by atoms with E-state index >= 15 is 0 Å². The van der Waals surface area contributed by atoms with Gasteiger partial charge in [-0.3, -0.25) is 4.79 Å². The molecule has 2 aromatic carbocycles. The number of rotatable bonds is 3. The number of fused-ring (bicyclic) bond motifs is 1. The number of alkyl halides is 3. The highest BCUT2D eigenvalue weighted by Gasteiger charge is 2.30. The quantitative estimate of drug-likeness (QED) is 0.796. The Morgan fingerprint density at radius 1 is 1.04 bits per heavy atom. The molecule has 0 saturated carbocycles. The van der Waals surface area contributed by atoms with E-state index in [1.165, 1.54) is 24.3 Å². The maximum Gasteiger partial charge on any atom is 0.446 e. The summed E-state index contributed by atoms with van der Waals surface area (Å²) in [5, 5.41) is 2.52. The molecule has 0 aliphatic carbocycles. The van der Waals surface area contributed by atoms with Crippen LogP contribution in [0.1, 0.15) is 16.8 Å². The first kappa shape index (κ1) is 17.5. The molecule has 0 atom stereocenters. The topological polar surface area (TPSA) is 47.6 Å². The molecule has 0 saturated heterocycles. The van der Waals surface area contributed by atoms with E-state index in [2.05, 4.69) is 5.32 Å². The first-order valence-electron chi connectivity index (χ1n) is 7.48. The molecule has 8 heteroatoms. The Morgan fingerprint density at radius 2 is 1.76 bits per heavy atom. The van der Waals surface area contributed by atoms with Crippen LogP contribution < -0.4 is 14.8 Å². The van der Waals surface area contributed by atoms with Crippen LogP contribution in [0, 0.1) is 0 Å². The number of benzene rings is 2. The van der Waals surface area contributed by atoms with E-state index in [0.29, 0.717) is 24.7 Å². The van der Waals surface area contributed by atoms with Crippen LogP contribution in [0.3, 0.4) is 0 Å². The van der Waals surface area contributed by atoms with Gasteiger partial charge < -0.3 is 14.8 Å². The standard InChI is InChI=1S/C17H14F3NO3S/c18-17(19,20)25-15-5-2-1-4-12(15)21-16(22)11-6-7-13-14(10-11)24-9-3-8-23-13/h1-2,4-7,10H,3,8-9H2,(H,21,22). The van der Waals surface area contributed by atoms with E-state index in [1.54, 1.807) is 18.2 Å².